The van der Waals surface area contributed by atoms with Crippen LogP contribution in [0.1, 0.15) is 12.0 Å². The summed E-state index contributed by atoms with van der Waals surface area (Å²) in [6.07, 6.45) is 0.664. The van der Waals surface area contributed by atoms with Gasteiger partial charge in [-0.15, -0.1) is 5.10 Å². The zero-order valence-electron chi connectivity index (χ0n) is 11.7. The Morgan fingerprint density at radius 2 is 2.24 bits per heavy atom. The standard InChI is InChI=1S/C13H17N5O2S/c1-9-11(3-2-4-12(9)14)13-15-16-17-18(13)7-10-5-6-21(19,20)8-10/h2-4,10H,5-8,14H2,1H3. The number of nitrogen functional groups attached to an aromatic ring is 1. The van der Waals surface area contributed by atoms with E-state index >= 15 is 0 Å². The van der Waals surface area contributed by atoms with E-state index in [-0.39, 0.29) is 17.4 Å². The SMILES string of the molecule is Cc1c(N)cccc1-c1nnnn1CC1CCS(=O)(=O)C1. The first-order valence-corrected chi connectivity index (χ1v) is 8.60. The Hall–Kier alpha value is -1.96. The molecule has 1 aromatic heterocycles. The molecule has 0 amide bonds. The number of hydrogen-bond donors (Lipinski definition) is 1. The van der Waals surface area contributed by atoms with Crippen LogP contribution in [0.5, 0.6) is 0 Å². The van der Waals surface area contributed by atoms with Gasteiger partial charge in [0.25, 0.3) is 0 Å². The maximum absolute atomic E-state index is 11.5. The maximum Gasteiger partial charge on any atom is 0.182 e. The monoisotopic (exact) mass is 307 g/mol. The first-order chi connectivity index (χ1) is 9.96. The van der Waals surface area contributed by atoms with E-state index in [0.717, 1.165) is 11.1 Å². The van der Waals surface area contributed by atoms with Gasteiger partial charge in [-0.05, 0) is 41.3 Å². The highest BCUT2D eigenvalue weighted by Gasteiger charge is 2.29. The predicted molar refractivity (Wildman–Crippen MR) is 79.2 cm³/mol. The van der Waals surface area contributed by atoms with Crippen molar-refractivity contribution in [3.05, 3.63) is 23.8 Å². The molecule has 1 aromatic carbocycles. The molecule has 0 radical (unpaired) electrons. The third kappa shape index (κ3) is 2.76. The number of rotatable bonds is 3. The Labute approximate surface area is 123 Å². The number of sulfone groups is 1. The van der Waals surface area contributed by atoms with Crippen LogP contribution in [0.15, 0.2) is 18.2 Å². The number of nitrogens with zero attached hydrogens (tertiary/aromatic N) is 4. The van der Waals surface area contributed by atoms with Gasteiger partial charge in [-0.3, -0.25) is 0 Å². The summed E-state index contributed by atoms with van der Waals surface area (Å²) in [5.41, 5.74) is 8.40. The minimum absolute atomic E-state index is 0.0682. The number of anilines is 1. The van der Waals surface area contributed by atoms with Crippen LogP contribution in [0.2, 0.25) is 0 Å². The van der Waals surface area contributed by atoms with E-state index in [1.807, 2.05) is 25.1 Å². The number of nitrogens with two attached hydrogens (primary N) is 1. The van der Waals surface area contributed by atoms with Crippen molar-refractivity contribution in [3.63, 3.8) is 0 Å². The third-order valence-corrected chi connectivity index (χ3v) is 5.74. The summed E-state index contributed by atoms with van der Waals surface area (Å²) in [4.78, 5) is 0. The molecular formula is C13H17N5O2S. The van der Waals surface area contributed by atoms with E-state index < -0.39 is 9.84 Å². The molecule has 2 N–H and O–H groups in total. The van der Waals surface area contributed by atoms with Crippen molar-refractivity contribution in [2.45, 2.75) is 19.9 Å². The van der Waals surface area contributed by atoms with Gasteiger partial charge < -0.3 is 5.73 Å². The second-order valence-corrected chi connectivity index (χ2v) is 7.70. The fraction of sp³-hybridized carbons (Fsp3) is 0.462. The second kappa shape index (κ2) is 5.10. The number of tetrazole rings is 1. The lowest BCUT2D eigenvalue weighted by atomic mass is 10.1. The molecule has 0 saturated carbocycles. The van der Waals surface area contributed by atoms with Crippen LogP contribution >= 0.6 is 0 Å². The van der Waals surface area contributed by atoms with Crippen molar-refractivity contribution >= 4 is 15.5 Å². The summed E-state index contributed by atoms with van der Waals surface area (Å²) in [6.45, 7) is 2.43. The molecular weight excluding hydrogens is 290 g/mol. The van der Waals surface area contributed by atoms with Crippen LogP contribution < -0.4 is 5.73 Å². The largest absolute Gasteiger partial charge is 0.398 e. The normalized spacial score (nSPS) is 20.7. The van der Waals surface area contributed by atoms with Crippen LogP contribution in [0.25, 0.3) is 11.4 Å². The average molecular weight is 307 g/mol. The molecule has 1 aliphatic heterocycles. The molecule has 1 unspecified atom stereocenters. The van der Waals surface area contributed by atoms with Crippen LogP contribution in [0, 0.1) is 12.8 Å². The Kier molecular flexibility index (Phi) is 3.40. The summed E-state index contributed by atoms with van der Waals surface area (Å²) in [7, 11) is -2.89. The van der Waals surface area contributed by atoms with E-state index in [9.17, 15) is 8.42 Å². The summed E-state index contributed by atoms with van der Waals surface area (Å²) < 4.78 is 24.8. The van der Waals surface area contributed by atoms with E-state index in [1.54, 1.807) is 4.68 Å². The molecule has 1 aliphatic rings. The van der Waals surface area contributed by atoms with E-state index in [4.69, 9.17) is 5.73 Å². The van der Waals surface area contributed by atoms with Gasteiger partial charge in [-0.2, -0.15) is 0 Å². The molecule has 8 heteroatoms. The second-order valence-electron chi connectivity index (χ2n) is 5.47. The predicted octanol–water partition coefficient (Wildman–Crippen LogP) is 0.665. The summed E-state index contributed by atoms with van der Waals surface area (Å²) in [5, 5.41) is 11.8. The summed E-state index contributed by atoms with van der Waals surface area (Å²) >= 11 is 0. The molecule has 2 aromatic rings. The van der Waals surface area contributed by atoms with Gasteiger partial charge in [-0.25, -0.2) is 13.1 Å². The van der Waals surface area contributed by atoms with Crippen LogP contribution in [0.3, 0.4) is 0 Å². The van der Waals surface area contributed by atoms with E-state index in [1.165, 1.54) is 0 Å². The average Bonchev–Trinajstić information content (AvgIpc) is 3.00. The van der Waals surface area contributed by atoms with Crippen LogP contribution in [-0.2, 0) is 16.4 Å². The topological polar surface area (TPSA) is 104 Å². The highest BCUT2D eigenvalue weighted by Crippen LogP contribution is 2.26. The zero-order chi connectivity index (χ0) is 15.0. The number of aromatic nitrogens is 4. The Morgan fingerprint density at radius 1 is 1.43 bits per heavy atom. The van der Waals surface area contributed by atoms with Gasteiger partial charge in [0, 0.05) is 17.8 Å². The minimum Gasteiger partial charge on any atom is -0.398 e. The van der Waals surface area contributed by atoms with Gasteiger partial charge in [0.15, 0.2) is 15.7 Å². The molecule has 2 heterocycles. The van der Waals surface area contributed by atoms with Gasteiger partial charge in [0.1, 0.15) is 0 Å². The Balaban J connectivity index is 1.90. The van der Waals surface area contributed by atoms with Crippen molar-refractivity contribution in [3.8, 4) is 11.4 Å². The van der Waals surface area contributed by atoms with Gasteiger partial charge in [-0.1, -0.05) is 12.1 Å². The lowest BCUT2D eigenvalue weighted by molar-refractivity contribution is 0.452. The number of benzene rings is 1. The van der Waals surface area contributed by atoms with Crippen molar-refractivity contribution in [1.29, 1.82) is 0 Å². The third-order valence-electron chi connectivity index (χ3n) is 3.91. The molecule has 3 rings (SSSR count). The highest BCUT2D eigenvalue weighted by molar-refractivity contribution is 7.91. The molecule has 0 bridgehead atoms. The highest BCUT2D eigenvalue weighted by atomic mass is 32.2. The lowest BCUT2D eigenvalue weighted by Gasteiger charge is -2.11. The van der Waals surface area contributed by atoms with E-state index in [2.05, 4.69) is 15.5 Å². The molecule has 7 nitrogen and oxygen atoms in total. The van der Waals surface area contributed by atoms with Gasteiger partial charge >= 0.3 is 0 Å². The Bertz CT molecular complexity index is 769. The first-order valence-electron chi connectivity index (χ1n) is 6.78. The smallest absolute Gasteiger partial charge is 0.182 e. The fourth-order valence-corrected chi connectivity index (χ4v) is 4.53. The van der Waals surface area contributed by atoms with Gasteiger partial charge in [0.2, 0.25) is 0 Å². The van der Waals surface area contributed by atoms with Crippen LogP contribution in [-0.4, -0.2) is 40.1 Å². The minimum atomic E-state index is -2.89. The number of hydrogen-bond acceptors (Lipinski definition) is 6. The van der Waals surface area contributed by atoms with Crippen LogP contribution in [0.4, 0.5) is 5.69 Å². The molecule has 21 heavy (non-hydrogen) atoms. The van der Waals surface area contributed by atoms with Crippen molar-refractivity contribution in [2.75, 3.05) is 17.2 Å². The summed E-state index contributed by atoms with van der Waals surface area (Å²) in [5.74, 6) is 1.16. The molecule has 0 spiro atoms. The lowest BCUT2D eigenvalue weighted by Crippen LogP contribution is -2.15. The maximum atomic E-state index is 11.5. The van der Waals surface area contributed by atoms with Crippen molar-refractivity contribution in [1.82, 2.24) is 20.2 Å². The van der Waals surface area contributed by atoms with Gasteiger partial charge in [0.05, 0.1) is 11.5 Å². The molecule has 112 valence electrons. The molecule has 1 saturated heterocycles. The van der Waals surface area contributed by atoms with E-state index in [0.29, 0.717) is 24.5 Å². The fourth-order valence-electron chi connectivity index (χ4n) is 2.68. The van der Waals surface area contributed by atoms with Crippen molar-refractivity contribution < 1.29 is 8.42 Å². The molecule has 1 atom stereocenters. The first kappa shape index (κ1) is 14.0. The zero-order valence-corrected chi connectivity index (χ0v) is 12.5. The Morgan fingerprint density at radius 3 is 2.95 bits per heavy atom. The van der Waals surface area contributed by atoms with Crippen molar-refractivity contribution in [2.24, 2.45) is 5.92 Å². The molecule has 0 aliphatic carbocycles. The quantitative estimate of drug-likeness (QED) is 0.836. The summed E-state index contributed by atoms with van der Waals surface area (Å²) in [6, 6.07) is 5.60. The molecule has 1 fully saturated rings.